The Bertz CT molecular complexity index is 1010. The van der Waals surface area contributed by atoms with Crippen LogP contribution in [0.4, 0.5) is 24.5 Å². The minimum absolute atomic E-state index is 0.0264. The van der Waals surface area contributed by atoms with Gasteiger partial charge in [0.1, 0.15) is 6.04 Å². The molecule has 1 amide bonds. The average Bonchev–Trinajstić information content (AvgIpc) is 2.60. The van der Waals surface area contributed by atoms with E-state index < -0.39 is 39.4 Å². The highest BCUT2D eigenvalue weighted by Gasteiger charge is 2.36. The van der Waals surface area contributed by atoms with Crippen LogP contribution in [0, 0.1) is 6.92 Å². The van der Waals surface area contributed by atoms with E-state index in [4.69, 9.17) is 11.6 Å². The van der Waals surface area contributed by atoms with Crippen LogP contribution in [0.2, 0.25) is 5.02 Å². The molecule has 5 nitrogen and oxygen atoms in total. The average molecular weight is 449 g/mol. The Labute approximate surface area is 172 Å². The maximum Gasteiger partial charge on any atom is 0.418 e. The van der Waals surface area contributed by atoms with Crippen molar-refractivity contribution in [3.8, 4) is 0 Å². The Kier molecular flexibility index (Phi) is 6.85. The van der Waals surface area contributed by atoms with E-state index in [2.05, 4.69) is 5.32 Å². The highest BCUT2D eigenvalue weighted by Crippen LogP contribution is 2.35. The molecule has 0 unspecified atom stereocenters. The van der Waals surface area contributed by atoms with Gasteiger partial charge >= 0.3 is 6.18 Å². The molecular formula is C19H20ClF3N2O3S. The number of anilines is 2. The molecule has 0 aliphatic carbocycles. The van der Waals surface area contributed by atoms with E-state index in [-0.39, 0.29) is 12.1 Å². The molecule has 2 aromatic rings. The van der Waals surface area contributed by atoms with Crippen LogP contribution in [0.5, 0.6) is 0 Å². The topological polar surface area (TPSA) is 66.5 Å². The van der Waals surface area contributed by atoms with Crippen LogP contribution in [-0.4, -0.2) is 26.6 Å². The fourth-order valence-corrected chi connectivity index (χ4v) is 4.21. The Morgan fingerprint density at radius 1 is 1.21 bits per heavy atom. The van der Waals surface area contributed by atoms with Crippen molar-refractivity contribution in [3.63, 3.8) is 0 Å². The van der Waals surface area contributed by atoms with Crippen molar-refractivity contribution in [1.82, 2.24) is 0 Å². The third-order valence-electron chi connectivity index (χ3n) is 4.23. The number of carbonyl (C=O) groups excluding carboxylic acids is 1. The van der Waals surface area contributed by atoms with Gasteiger partial charge in [-0.1, -0.05) is 36.7 Å². The van der Waals surface area contributed by atoms with Gasteiger partial charge in [-0.25, -0.2) is 8.42 Å². The third-order valence-corrected chi connectivity index (χ3v) is 5.82. The van der Waals surface area contributed by atoms with Crippen LogP contribution in [0.1, 0.15) is 24.5 Å². The van der Waals surface area contributed by atoms with Crippen molar-refractivity contribution in [3.05, 3.63) is 58.6 Å². The highest BCUT2D eigenvalue weighted by atomic mass is 35.5. The zero-order chi connectivity index (χ0) is 22.0. The molecule has 0 saturated carbocycles. The van der Waals surface area contributed by atoms with Crippen LogP contribution in [0.15, 0.2) is 42.5 Å². The van der Waals surface area contributed by atoms with Gasteiger partial charge in [-0.15, -0.1) is 0 Å². The van der Waals surface area contributed by atoms with Crippen molar-refractivity contribution in [1.29, 1.82) is 0 Å². The monoisotopic (exact) mass is 448 g/mol. The number of nitrogens with zero attached hydrogens (tertiary/aromatic N) is 1. The zero-order valence-corrected chi connectivity index (χ0v) is 17.5. The van der Waals surface area contributed by atoms with Gasteiger partial charge in [0.05, 0.1) is 23.2 Å². The summed E-state index contributed by atoms with van der Waals surface area (Å²) in [4.78, 5) is 12.8. The lowest BCUT2D eigenvalue weighted by atomic mass is 10.1. The molecule has 158 valence electrons. The van der Waals surface area contributed by atoms with Gasteiger partial charge in [-0.05, 0) is 43.2 Å². The normalized spacial score (nSPS) is 13.1. The minimum Gasteiger partial charge on any atom is -0.324 e. The second-order valence-corrected chi connectivity index (χ2v) is 8.72. The number of hydrogen-bond donors (Lipinski definition) is 1. The van der Waals surface area contributed by atoms with E-state index in [0.717, 1.165) is 22.7 Å². The quantitative estimate of drug-likeness (QED) is 0.687. The highest BCUT2D eigenvalue weighted by molar-refractivity contribution is 7.92. The van der Waals surface area contributed by atoms with Crippen molar-refractivity contribution < 1.29 is 26.4 Å². The molecular weight excluding hydrogens is 429 g/mol. The molecule has 1 N–H and O–H groups in total. The summed E-state index contributed by atoms with van der Waals surface area (Å²) in [6.45, 7) is 3.29. The first-order valence-corrected chi connectivity index (χ1v) is 10.8. The summed E-state index contributed by atoms with van der Waals surface area (Å²) in [5, 5.41) is 2.52. The number of rotatable bonds is 6. The van der Waals surface area contributed by atoms with E-state index in [1.54, 1.807) is 19.9 Å². The van der Waals surface area contributed by atoms with Crippen LogP contribution >= 0.6 is 11.6 Å². The van der Waals surface area contributed by atoms with Crippen LogP contribution in [-0.2, 0) is 21.0 Å². The first-order chi connectivity index (χ1) is 13.4. The molecule has 10 heteroatoms. The predicted molar refractivity (Wildman–Crippen MR) is 108 cm³/mol. The maximum absolute atomic E-state index is 13.2. The first-order valence-electron chi connectivity index (χ1n) is 8.59. The summed E-state index contributed by atoms with van der Waals surface area (Å²) in [6, 6.07) is 7.71. The molecule has 1 atom stereocenters. The zero-order valence-electron chi connectivity index (χ0n) is 15.9. The standard InChI is InChI=1S/C19H20ClF3N2O3S/c1-4-17(18(26)24-16-8-6-5-7-14(16)19(21,22)23)25(29(3,27)28)13-10-9-12(2)15(20)11-13/h5-11,17H,4H2,1-3H3,(H,24,26)/t17-/m0/s1. The maximum atomic E-state index is 13.2. The Morgan fingerprint density at radius 3 is 2.34 bits per heavy atom. The van der Waals surface area contributed by atoms with Crippen molar-refractivity contribution >= 4 is 38.9 Å². The van der Waals surface area contributed by atoms with Gasteiger partial charge in [-0.2, -0.15) is 13.2 Å². The molecule has 2 aromatic carbocycles. The van der Waals surface area contributed by atoms with Gasteiger partial charge in [0.15, 0.2) is 0 Å². The fraction of sp³-hybridized carbons (Fsp3) is 0.316. The summed E-state index contributed by atoms with van der Waals surface area (Å²) in [7, 11) is -3.94. The lowest BCUT2D eigenvalue weighted by molar-refractivity contribution is -0.137. The number of carbonyl (C=O) groups is 1. The molecule has 0 spiro atoms. The lowest BCUT2D eigenvalue weighted by Crippen LogP contribution is -2.47. The number of amides is 1. The molecule has 0 aromatic heterocycles. The SMILES string of the molecule is CC[C@@H](C(=O)Nc1ccccc1C(F)(F)F)N(c1ccc(C)c(Cl)c1)S(C)(=O)=O. The van der Waals surface area contributed by atoms with Crippen molar-refractivity contribution in [2.75, 3.05) is 15.9 Å². The van der Waals surface area contributed by atoms with E-state index in [1.165, 1.54) is 24.3 Å². The molecule has 0 heterocycles. The van der Waals surface area contributed by atoms with Gasteiger partial charge in [-0.3, -0.25) is 9.10 Å². The summed E-state index contributed by atoms with van der Waals surface area (Å²) < 4.78 is 65.3. The van der Waals surface area contributed by atoms with E-state index in [0.29, 0.717) is 10.6 Å². The van der Waals surface area contributed by atoms with E-state index in [9.17, 15) is 26.4 Å². The number of aryl methyl sites for hydroxylation is 1. The largest absolute Gasteiger partial charge is 0.418 e. The number of alkyl halides is 3. The van der Waals surface area contributed by atoms with Gasteiger partial charge in [0.25, 0.3) is 0 Å². The van der Waals surface area contributed by atoms with Crippen LogP contribution in [0.3, 0.4) is 0 Å². The summed E-state index contributed by atoms with van der Waals surface area (Å²) in [5.41, 5.74) is -0.610. The summed E-state index contributed by atoms with van der Waals surface area (Å²) >= 11 is 6.09. The second kappa shape index (κ2) is 8.62. The van der Waals surface area contributed by atoms with Gasteiger partial charge < -0.3 is 5.32 Å². The van der Waals surface area contributed by atoms with E-state index in [1.807, 2.05) is 0 Å². The van der Waals surface area contributed by atoms with Gasteiger partial charge in [0.2, 0.25) is 15.9 Å². The first kappa shape index (κ1) is 23.0. The molecule has 0 fully saturated rings. The smallest absolute Gasteiger partial charge is 0.324 e. The number of benzene rings is 2. The lowest BCUT2D eigenvalue weighted by Gasteiger charge is -2.30. The molecule has 29 heavy (non-hydrogen) atoms. The van der Waals surface area contributed by atoms with Gasteiger partial charge in [0, 0.05) is 5.02 Å². The third kappa shape index (κ3) is 5.42. The number of hydrogen-bond acceptors (Lipinski definition) is 3. The van der Waals surface area contributed by atoms with Crippen molar-refractivity contribution in [2.45, 2.75) is 32.5 Å². The molecule has 0 bridgehead atoms. The molecule has 2 rings (SSSR count). The molecule has 0 aliphatic heterocycles. The number of nitrogens with one attached hydrogen (secondary N) is 1. The second-order valence-electron chi connectivity index (χ2n) is 6.45. The van der Waals surface area contributed by atoms with Crippen LogP contribution < -0.4 is 9.62 Å². The molecule has 0 saturated heterocycles. The summed E-state index contributed by atoms with van der Waals surface area (Å²) in [5.74, 6) is -0.883. The Balaban J connectivity index is 2.46. The Morgan fingerprint density at radius 2 is 1.83 bits per heavy atom. The Hall–Kier alpha value is -2.26. The van der Waals surface area contributed by atoms with Crippen LogP contribution in [0.25, 0.3) is 0 Å². The predicted octanol–water partition coefficient (Wildman–Crippen LogP) is 4.85. The van der Waals surface area contributed by atoms with Crippen molar-refractivity contribution in [2.24, 2.45) is 0 Å². The molecule has 0 aliphatic rings. The minimum atomic E-state index is -4.67. The number of para-hydroxylation sites is 1. The fourth-order valence-electron chi connectivity index (χ4n) is 2.83. The summed E-state index contributed by atoms with van der Waals surface area (Å²) in [6.07, 6.45) is -3.73. The van der Waals surface area contributed by atoms with E-state index >= 15 is 0 Å². The number of sulfonamides is 1. The number of halogens is 4. The molecule has 0 radical (unpaired) electrons.